The Bertz CT molecular complexity index is 476. The van der Waals surface area contributed by atoms with Crippen molar-refractivity contribution < 1.29 is 14.7 Å². The molecule has 1 atom stereocenters. The van der Waals surface area contributed by atoms with Gasteiger partial charge in [-0.15, -0.1) is 11.8 Å². The molecule has 1 amide bonds. The summed E-state index contributed by atoms with van der Waals surface area (Å²) in [6.45, 7) is 3.89. The number of aliphatic carboxylic acids is 1. The summed E-state index contributed by atoms with van der Waals surface area (Å²) in [7, 11) is 1.65. The van der Waals surface area contributed by atoms with Crippen LogP contribution in [0.25, 0.3) is 0 Å². The predicted octanol–water partition coefficient (Wildman–Crippen LogP) is 2.41. The summed E-state index contributed by atoms with van der Waals surface area (Å²) in [6, 6.07) is 8.20. The highest BCUT2D eigenvalue weighted by Crippen LogP contribution is 2.14. The van der Waals surface area contributed by atoms with Gasteiger partial charge in [-0.1, -0.05) is 36.8 Å². The minimum absolute atomic E-state index is 0.0317. The topological polar surface area (TPSA) is 57.6 Å². The first kappa shape index (κ1) is 16.6. The monoisotopic (exact) mass is 295 g/mol. The number of rotatable bonds is 7. The van der Waals surface area contributed by atoms with Crippen LogP contribution in [0.5, 0.6) is 0 Å². The number of benzene rings is 1. The van der Waals surface area contributed by atoms with Crippen LogP contribution in [0, 0.1) is 12.8 Å². The van der Waals surface area contributed by atoms with E-state index < -0.39 is 11.9 Å². The van der Waals surface area contributed by atoms with Gasteiger partial charge in [-0.25, -0.2) is 0 Å². The molecular weight excluding hydrogens is 274 g/mol. The zero-order valence-corrected chi connectivity index (χ0v) is 12.9. The molecule has 0 aliphatic carbocycles. The van der Waals surface area contributed by atoms with Gasteiger partial charge in [0.25, 0.3) is 0 Å². The smallest absolute Gasteiger partial charge is 0.308 e. The average molecular weight is 295 g/mol. The summed E-state index contributed by atoms with van der Waals surface area (Å²) in [5, 5.41) is 8.82. The molecule has 0 heterocycles. The van der Waals surface area contributed by atoms with Gasteiger partial charge in [-0.05, 0) is 12.5 Å². The van der Waals surface area contributed by atoms with Crippen molar-refractivity contribution in [3.05, 3.63) is 35.4 Å². The lowest BCUT2D eigenvalue weighted by Gasteiger charge is -2.19. The van der Waals surface area contributed by atoms with Gasteiger partial charge in [-0.2, -0.15) is 0 Å². The summed E-state index contributed by atoms with van der Waals surface area (Å²) < 4.78 is 0. The van der Waals surface area contributed by atoms with Crippen LogP contribution in [0.3, 0.4) is 0 Å². The first-order valence-electron chi connectivity index (χ1n) is 6.50. The fraction of sp³-hybridized carbons (Fsp3) is 0.467. The normalized spacial score (nSPS) is 11.9. The molecule has 0 spiro atoms. The third kappa shape index (κ3) is 5.65. The molecule has 1 aromatic rings. The number of carbonyl (C=O) groups excluding carboxylic acids is 1. The standard InChI is InChI=1S/C15H21NO3S/c1-11-5-4-6-13(7-11)9-20-10-14(17)16(3)8-12(2)15(18)19/h4-7,12H,8-10H2,1-3H3,(H,18,19). The minimum Gasteiger partial charge on any atom is -0.481 e. The molecule has 1 N–H and O–H groups in total. The fourth-order valence-corrected chi connectivity index (χ4v) is 2.67. The van der Waals surface area contributed by atoms with Gasteiger partial charge in [0, 0.05) is 19.3 Å². The molecule has 0 saturated heterocycles. The fourth-order valence-electron chi connectivity index (χ4n) is 1.76. The number of carbonyl (C=O) groups is 2. The van der Waals surface area contributed by atoms with Gasteiger partial charge in [0.05, 0.1) is 11.7 Å². The lowest BCUT2D eigenvalue weighted by molar-refractivity contribution is -0.142. The van der Waals surface area contributed by atoms with Crippen LogP contribution in [-0.2, 0) is 15.3 Å². The molecular formula is C15H21NO3S. The molecule has 0 aromatic heterocycles. The predicted molar refractivity (Wildman–Crippen MR) is 81.8 cm³/mol. The Kier molecular flexibility index (Phi) is 6.58. The second kappa shape index (κ2) is 7.94. The van der Waals surface area contributed by atoms with Crippen LogP contribution in [0.15, 0.2) is 24.3 Å². The first-order chi connectivity index (χ1) is 9.40. The Balaban J connectivity index is 2.34. The van der Waals surface area contributed by atoms with Crippen molar-refractivity contribution in [3.63, 3.8) is 0 Å². The van der Waals surface area contributed by atoms with E-state index in [1.54, 1.807) is 25.7 Å². The lowest BCUT2D eigenvalue weighted by atomic mass is 10.2. The second-order valence-corrected chi connectivity index (χ2v) is 5.98. The van der Waals surface area contributed by atoms with E-state index in [0.717, 1.165) is 5.75 Å². The number of amides is 1. The number of aryl methyl sites for hydroxylation is 1. The SMILES string of the molecule is Cc1cccc(CSCC(=O)N(C)CC(C)C(=O)O)c1. The highest BCUT2D eigenvalue weighted by molar-refractivity contribution is 7.99. The van der Waals surface area contributed by atoms with E-state index in [9.17, 15) is 9.59 Å². The maximum atomic E-state index is 11.9. The molecule has 0 aliphatic rings. The molecule has 0 fully saturated rings. The number of hydrogen-bond donors (Lipinski definition) is 1. The van der Waals surface area contributed by atoms with E-state index in [0.29, 0.717) is 5.75 Å². The molecule has 0 radical (unpaired) electrons. The average Bonchev–Trinajstić information content (AvgIpc) is 2.38. The zero-order valence-electron chi connectivity index (χ0n) is 12.1. The van der Waals surface area contributed by atoms with E-state index >= 15 is 0 Å². The van der Waals surface area contributed by atoms with E-state index in [4.69, 9.17) is 5.11 Å². The number of carboxylic acids is 1. The van der Waals surface area contributed by atoms with Gasteiger partial charge in [0.1, 0.15) is 0 Å². The summed E-state index contributed by atoms with van der Waals surface area (Å²) in [5.41, 5.74) is 2.41. The summed E-state index contributed by atoms with van der Waals surface area (Å²) in [6.07, 6.45) is 0. The quantitative estimate of drug-likeness (QED) is 0.839. The van der Waals surface area contributed by atoms with Crippen LogP contribution < -0.4 is 0 Å². The summed E-state index contributed by atoms with van der Waals surface area (Å²) >= 11 is 1.55. The van der Waals surface area contributed by atoms with Gasteiger partial charge in [0.15, 0.2) is 0 Å². The van der Waals surface area contributed by atoms with Crippen molar-refractivity contribution >= 4 is 23.6 Å². The van der Waals surface area contributed by atoms with Crippen LogP contribution in [0.1, 0.15) is 18.1 Å². The molecule has 0 bridgehead atoms. The second-order valence-electron chi connectivity index (χ2n) is 5.00. The van der Waals surface area contributed by atoms with Crippen molar-refractivity contribution in [1.82, 2.24) is 4.90 Å². The van der Waals surface area contributed by atoms with Gasteiger partial charge < -0.3 is 10.0 Å². The lowest BCUT2D eigenvalue weighted by Crippen LogP contribution is -2.34. The van der Waals surface area contributed by atoms with Crippen LogP contribution >= 0.6 is 11.8 Å². The van der Waals surface area contributed by atoms with Crippen LogP contribution in [0.2, 0.25) is 0 Å². The largest absolute Gasteiger partial charge is 0.481 e. The molecule has 20 heavy (non-hydrogen) atoms. The van der Waals surface area contributed by atoms with Gasteiger partial charge >= 0.3 is 5.97 Å². The van der Waals surface area contributed by atoms with E-state index in [-0.39, 0.29) is 12.5 Å². The minimum atomic E-state index is -0.878. The van der Waals surface area contributed by atoms with E-state index in [2.05, 4.69) is 6.07 Å². The highest BCUT2D eigenvalue weighted by atomic mass is 32.2. The number of thioether (sulfide) groups is 1. The van der Waals surface area contributed by atoms with Crippen molar-refractivity contribution in [3.8, 4) is 0 Å². The van der Waals surface area contributed by atoms with Crippen molar-refractivity contribution in [2.45, 2.75) is 19.6 Å². The number of nitrogens with zero attached hydrogens (tertiary/aromatic N) is 1. The Labute approximate surface area is 124 Å². The number of carboxylic acid groups (broad SMARTS) is 1. The molecule has 4 nitrogen and oxygen atoms in total. The third-order valence-electron chi connectivity index (χ3n) is 2.97. The Morgan fingerprint density at radius 3 is 2.70 bits per heavy atom. The summed E-state index contributed by atoms with van der Waals surface area (Å²) in [5.74, 6) is -0.287. The maximum Gasteiger partial charge on any atom is 0.308 e. The molecule has 0 saturated carbocycles. The Morgan fingerprint density at radius 2 is 2.10 bits per heavy atom. The molecule has 5 heteroatoms. The molecule has 1 unspecified atom stereocenters. The van der Waals surface area contributed by atoms with Crippen LogP contribution in [-0.4, -0.2) is 41.2 Å². The Hall–Kier alpha value is -1.49. The molecule has 1 rings (SSSR count). The van der Waals surface area contributed by atoms with E-state index in [1.165, 1.54) is 16.0 Å². The summed E-state index contributed by atoms with van der Waals surface area (Å²) in [4.78, 5) is 24.1. The highest BCUT2D eigenvalue weighted by Gasteiger charge is 2.17. The van der Waals surface area contributed by atoms with E-state index in [1.807, 2.05) is 25.1 Å². The Morgan fingerprint density at radius 1 is 1.40 bits per heavy atom. The molecule has 1 aromatic carbocycles. The van der Waals surface area contributed by atoms with Gasteiger partial charge in [0.2, 0.25) is 5.91 Å². The van der Waals surface area contributed by atoms with Crippen LogP contribution in [0.4, 0.5) is 0 Å². The van der Waals surface area contributed by atoms with Crippen molar-refractivity contribution in [1.29, 1.82) is 0 Å². The van der Waals surface area contributed by atoms with Gasteiger partial charge in [-0.3, -0.25) is 9.59 Å². The first-order valence-corrected chi connectivity index (χ1v) is 7.65. The van der Waals surface area contributed by atoms with Crippen molar-refractivity contribution in [2.24, 2.45) is 5.92 Å². The zero-order chi connectivity index (χ0) is 15.1. The molecule has 110 valence electrons. The third-order valence-corrected chi connectivity index (χ3v) is 3.96. The molecule has 0 aliphatic heterocycles. The maximum absolute atomic E-state index is 11.9. The number of hydrogen-bond acceptors (Lipinski definition) is 3. The van der Waals surface area contributed by atoms with Crippen molar-refractivity contribution in [2.75, 3.05) is 19.3 Å².